The maximum atomic E-state index is 12.1. The van der Waals surface area contributed by atoms with Crippen LogP contribution in [-0.2, 0) is 16.9 Å². The summed E-state index contributed by atoms with van der Waals surface area (Å²) in [4.78, 5) is 12.1. The summed E-state index contributed by atoms with van der Waals surface area (Å²) in [5.74, 6) is 1.18. The molecule has 37 heavy (non-hydrogen) atoms. The summed E-state index contributed by atoms with van der Waals surface area (Å²) >= 11 is 25.5. The van der Waals surface area contributed by atoms with E-state index in [1.54, 1.807) is 14.2 Å². The summed E-state index contributed by atoms with van der Waals surface area (Å²) in [7, 11) is 3.19. The molecule has 0 aromatic heterocycles. The fourth-order valence-electron chi connectivity index (χ4n) is 4.38. The minimum atomic E-state index is -1.26. The van der Waals surface area contributed by atoms with Crippen LogP contribution in [0.1, 0.15) is 32.6 Å². The van der Waals surface area contributed by atoms with Gasteiger partial charge < -0.3 is 14.2 Å². The summed E-state index contributed by atoms with van der Waals surface area (Å²) < 4.78 is 18.4. The zero-order valence-corrected chi connectivity index (χ0v) is 23.0. The molecule has 4 rings (SSSR count). The van der Waals surface area contributed by atoms with Crippen LogP contribution in [0.15, 0.2) is 78.9 Å². The lowest BCUT2D eigenvalue weighted by molar-refractivity contribution is -0.00283. The van der Waals surface area contributed by atoms with Gasteiger partial charge in [0.1, 0.15) is 11.5 Å². The van der Waals surface area contributed by atoms with Gasteiger partial charge in [-0.15, -0.1) is 0 Å². The Bertz CT molecular complexity index is 1380. The molecule has 0 aliphatic rings. The molecule has 190 valence electrons. The van der Waals surface area contributed by atoms with E-state index in [1.165, 1.54) is 0 Å². The van der Waals surface area contributed by atoms with Crippen LogP contribution in [0.5, 0.6) is 11.5 Å². The third-order valence-electron chi connectivity index (χ3n) is 6.11. The number of carbonyl (C=O) groups excluding carboxylic acids is 1. The third kappa shape index (κ3) is 4.93. The number of benzene rings is 4. The molecule has 0 unspecified atom stereocenters. The van der Waals surface area contributed by atoms with E-state index in [-0.39, 0.29) is 32.3 Å². The van der Waals surface area contributed by atoms with Crippen molar-refractivity contribution in [2.75, 3.05) is 14.2 Å². The molecule has 0 N–H and O–H groups in total. The van der Waals surface area contributed by atoms with Crippen LogP contribution < -0.4 is 9.47 Å². The van der Waals surface area contributed by atoms with Crippen LogP contribution in [-0.4, -0.2) is 20.5 Å². The van der Waals surface area contributed by atoms with Gasteiger partial charge in [0.15, 0.2) is 11.9 Å². The van der Waals surface area contributed by atoms with Crippen molar-refractivity contribution in [2.24, 2.45) is 0 Å². The maximum absolute atomic E-state index is 12.1. The van der Waals surface area contributed by atoms with E-state index in [1.807, 2.05) is 78.9 Å². The van der Waals surface area contributed by atoms with Crippen molar-refractivity contribution in [1.29, 1.82) is 0 Å². The van der Waals surface area contributed by atoms with Gasteiger partial charge in [-0.1, -0.05) is 113 Å². The molecule has 0 spiro atoms. The molecule has 4 aromatic rings. The second-order valence-electron chi connectivity index (χ2n) is 8.00. The lowest BCUT2D eigenvalue weighted by Crippen LogP contribution is -2.34. The highest BCUT2D eigenvalue weighted by molar-refractivity contribution is 6.52. The predicted molar refractivity (Wildman–Crippen MR) is 149 cm³/mol. The summed E-state index contributed by atoms with van der Waals surface area (Å²) in [6.07, 6.45) is 0.589. The Morgan fingerprint density at radius 2 is 1.16 bits per heavy atom. The SMILES string of the molecule is COc1ccccc1C(OCc1c(Cl)c(Cl)c(Cl)c(Cl)c1C=O)(c1ccccc1)c1ccccc1OC. The number of ether oxygens (including phenoxy) is 3. The standard InChI is InChI=1S/C29H22Cl4O4/c1-35-23-14-8-6-12-21(23)29(18-10-4-3-5-11-18,22-13-7-9-15-24(22)36-2)37-17-20-19(16-34)25(30)27(32)28(33)26(20)31/h3-16H,17H2,1-2H3. The Hall–Kier alpha value is -2.73. The molecule has 8 heteroatoms. The second kappa shape index (κ2) is 11.8. The number of hydrogen-bond donors (Lipinski definition) is 0. The smallest absolute Gasteiger partial charge is 0.152 e. The number of hydrogen-bond acceptors (Lipinski definition) is 4. The van der Waals surface area contributed by atoms with Crippen LogP contribution >= 0.6 is 46.4 Å². The van der Waals surface area contributed by atoms with Crippen molar-refractivity contribution in [3.63, 3.8) is 0 Å². The number of methoxy groups -OCH3 is 2. The highest BCUT2D eigenvalue weighted by atomic mass is 35.5. The first-order chi connectivity index (χ1) is 17.9. The van der Waals surface area contributed by atoms with Crippen LogP contribution in [0.4, 0.5) is 0 Å². The van der Waals surface area contributed by atoms with Gasteiger partial charge in [0.2, 0.25) is 0 Å². The molecule has 0 atom stereocenters. The Balaban J connectivity index is 2.05. The molecule has 0 radical (unpaired) electrons. The first-order valence-electron chi connectivity index (χ1n) is 11.2. The minimum absolute atomic E-state index is 0.00274. The van der Waals surface area contributed by atoms with Crippen molar-refractivity contribution in [3.8, 4) is 11.5 Å². The van der Waals surface area contributed by atoms with Crippen LogP contribution in [0, 0.1) is 0 Å². The van der Waals surface area contributed by atoms with Crippen molar-refractivity contribution in [1.82, 2.24) is 0 Å². The Morgan fingerprint density at radius 3 is 1.68 bits per heavy atom. The molecule has 0 saturated heterocycles. The molecule has 0 amide bonds. The normalized spacial score (nSPS) is 11.3. The Labute approximate surface area is 235 Å². The molecule has 0 fully saturated rings. The zero-order valence-electron chi connectivity index (χ0n) is 19.9. The first kappa shape index (κ1) is 27.3. The second-order valence-corrected chi connectivity index (χ2v) is 9.51. The Morgan fingerprint density at radius 1 is 0.676 bits per heavy atom. The van der Waals surface area contributed by atoms with Gasteiger partial charge in [0, 0.05) is 22.3 Å². The quantitative estimate of drug-likeness (QED) is 0.0866. The third-order valence-corrected chi connectivity index (χ3v) is 7.96. The average Bonchev–Trinajstić information content (AvgIpc) is 2.95. The van der Waals surface area contributed by atoms with Crippen LogP contribution in [0.3, 0.4) is 0 Å². The van der Waals surface area contributed by atoms with E-state index < -0.39 is 5.60 Å². The Kier molecular flexibility index (Phi) is 8.68. The van der Waals surface area contributed by atoms with Crippen molar-refractivity contribution >= 4 is 52.7 Å². The minimum Gasteiger partial charge on any atom is -0.496 e. The molecular formula is C29H22Cl4O4. The molecule has 0 bridgehead atoms. The van der Waals surface area contributed by atoms with E-state index in [0.717, 1.165) is 5.56 Å². The van der Waals surface area contributed by atoms with Crippen LogP contribution in [0.25, 0.3) is 0 Å². The summed E-state index contributed by atoms with van der Waals surface area (Å²) in [6.45, 7) is -0.144. The molecule has 0 aliphatic carbocycles. The summed E-state index contributed by atoms with van der Waals surface area (Å²) in [5, 5.41) is 0.130. The molecule has 0 saturated carbocycles. The number of carbonyl (C=O) groups is 1. The maximum Gasteiger partial charge on any atom is 0.152 e. The highest BCUT2D eigenvalue weighted by Gasteiger charge is 2.42. The van der Waals surface area contributed by atoms with E-state index >= 15 is 0 Å². The van der Waals surface area contributed by atoms with Gasteiger partial charge in [-0.3, -0.25) is 4.79 Å². The fraction of sp³-hybridized carbons (Fsp3) is 0.138. The molecular weight excluding hydrogens is 554 g/mol. The summed E-state index contributed by atoms with van der Waals surface area (Å²) in [5.41, 5.74) is 1.36. The van der Waals surface area contributed by atoms with Gasteiger partial charge >= 0.3 is 0 Å². The van der Waals surface area contributed by atoms with Crippen molar-refractivity contribution < 1.29 is 19.0 Å². The summed E-state index contributed by atoms with van der Waals surface area (Å²) in [6, 6.07) is 24.7. The lowest BCUT2D eigenvalue weighted by Gasteiger charge is -2.37. The van der Waals surface area contributed by atoms with Gasteiger partial charge in [0.05, 0.1) is 40.9 Å². The molecule has 0 heterocycles. The average molecular weight is 576 g/mol. The van der Waals surface area contributed by atoms with E-state index in [2.05, 4.69) is 0 Å². The number of aldehydes is 1. The van der Waals surface area contributed by atoms with Crippen LogP contribution in [0.2, 0.25) is 20.1 Å². The zero-order chi connectivity index (χ0) is 26.6. The molecule has 0 aliphatic heterocycles. The van der Waals surface area contributed by atoms with Gasteiger partial charge in [-0.25, -0.2) is 0 Å². The van der Waals surface area contributed by atoms with E-state index in [9.17, 15) is 4.79 Å². The highest BCUT2D eigenvalue weighted by Crippen LogP contribution is 2.49. The topological polar surface area (TPSA) is 44.8 Å². The van der Waals surface area contributed by atoms with E-state index in [4.69, 9.17) is 60.6 Å². The van der Waals surface area contributed by atoms with Gasteiger partial charge in [0.25, 0.3) is 0 Å². The fourth-order valence-corrected chi connectivity index (χ4v) is 5.38. The largest absolute Gasteiger partial charge is 0.496 e. The first-order valence-corrected chi connectivity index (χ1v) is 12.7. The van der Waals surface area contributed by atoms with Crippen molar-refractivity contribution in [3.05, 3.63) is 127 Å². The van der Waals surface area contributed by atoms with Gasteiger partial charge in [-0.2, -0.15) is 0 Å². The van der Waals surface area contributed by atoms with E-state index in [0.29, 0.717) is 34.5 Å². The van der Waals surface area contributed by atoms with Crippen molar-refractivity contribution in [2.45, 2.75) is 12.2 Å². The number of rotatable bonds is 9. The molecule has 4 nitrogen and oxygen atoms in total. The monoisotopic (exact) mass is 574 g/mol. The lowest BCUT2D eigenvalue weighted by atomic mass is 9.79. The van der Waals surface area contributed by atoms with Gasteiger partial charge in [-0.05, 0) is 17.7 Å². The predicted octanol–water partition coefficient (Wildman–Crippen LogP) is 8.64. The molecule has 4 aromatic carbocycles. The number of halogens is 4. The number of para-hydroxylation sites is 2.